The Morgan fingerprint density at radius 1 is 1.19 bits per heavy atom. The van der Waals surface area contributed by atoms with Gasteiger partial charge in [0.05, 0.1) is 0 Å². The third kappa shape index (κ3) is 3.00. The largest absolute Gasteiger partial charge is 0.305 e. The monoisotopic (exact) mass is 389 g/mol. The van der Waals surface area contributed by atoms with Gasteiger partial charge in [-0.3, -0.25) is 0 Å². The molecule has 0 spiro atoms. The maximum Gasteiger partial charge on any atom is 0.0163 e. The standard InChI is InChI=1S/C14H14N.Ir/c1-11(2)13-8-9-15-14(10-13)12-6-4-3-5-7-12;/h3-6,8-11H,1-2H3;/q-1;. The number of benzene rings is 1. The predicted molar refractivity (Wildman–Crippen MR) is 62.6 cm³/mol. The molecule has 85 valence electrons. The van der Waals surface area contributed by atoms with Gasteiger partial charge in [0.2, 0.25) is 0 Å². The Morgan fingerprint density at radius 3 is 2.62 bits per heavy atom. The molecule has 1 heterocycles. The zero-order valence-corrected chi connectivity index (χ0v) is 11.8. The van der Waals surface area contributed by atoms with Gasteiger partial charge in [0.1, 0.15) is 0 Å². The van der Waals surface area contributed by atoms with Crippen LogP contribution in [0.15, 0.2) is 42.6 Å². The molecule has 0 unspecified atom stereocenters. The second kappa shape index (κ2) is 5.93. The van der Waals surface area contributed by atoms with Gasteiger partial charge in [-0.1, -0.05) is 25.5 Å². The van der Waals surface area contributed by atoms with E-state index in [0.29, 0.717) is 5.92 Å². The molecule has 16 heavy (non-hydrogen) atoms. The van der Waals surface area contributed by atoms with E-state index in [1.807, 2.05) is 30.5 Å². The molecule has 0 aliphatic carbocycles. The van der Waals surface area contributed by atoms with Crippen LogP contribution in [0.3, 0.4) is 0 Å². The topological polar surface area (TPSA) is 12.9 Å². The number of hydrogen-bond acceptors (Lipinski definition) is 1. The Labute approximate surface area is 110 Å². The maximum absolute atomic E-state index is 4.36. The van der Waals surface area contributed by atoms with Gasteiger partial charge < -0.3 is 4.98 Å². The molecule has 1 radical (unpaired) electrons. The van der Waals surface area contributed by atoms with Crippen LogP contribution in [0.1, 0.15) is 25.3 Å². The molecule has 0 aliphatic heterocycles. The van der Waals surface area contributed by atoms with Crippen LogP contribution >= 0.6 is 0 Å². The first-order valence-corrected chi connectivity index (χ1v) is 5.20. The van der Waals surface area contributed by atoms with Crippen molar-refractivity contribution in [2.75, 3.05) is 0 Å². The summed E-state index contributed by atoms with van der Waals surface area (Å²) in [5.74, 6) is 0.537. The van der Waals surface area contributed by atoms with Crippen molar-refractivity contribution < 1.29 is 20.1 Å². The smallest absolute Gasteiger partial charge is 0.0163 e. The van der Waals surface area contributed by atoms with Gasteiger partial charge in [-0.15, -0.1) is 35.9 Å². The van der Waals surface area contributed by atoms with E-state index < -0.39 is 0 Å². The van der Waals surface area contributed by atoms with E-state index in [2.05, 4.69) is 37.0 Å². The molecular weight excluding hydrogens is 374 g/mol. The molecule has 1 aromatic heterocycles. The minimum atomic E-state index is 0. The van der Waals surface area contributed by atoms with Crippen molar-refractivity contribution in [3.63, 3.8) is 0 Å². The fraction of sp³-hybridized carbons (Fsp3) is 0.214. The van der Waals surface area contributed by atoms with Gasteiger partial charge in [0.15, 0.2) is 0 Å². The summed E-state index contributed by atoms with van der Waals surface area (Å²) >= 11 is 0. The average Bonchev–Trinajstić information content (AvgIpc) is 2.30. The van der Waals surface area contributed by atoms with Crippen molar-refractivity contribution in [3.05, 3.63) is 54.2 Å². The summed E-state index contributed by atoms with van der Waals surface area (Å²) < 4.78 is 0. The molecule has 2 heteroatoms. The fourth-order valence-electron chi connectivity index (χ4n) is 1.51. The second-order valence-electron chi connectivity index (χ2n) is 3.91. The fourth-order valence-corrected chi connectivity index (χ4v) is 1.51. The van der Waals surface area contributed by atoms with Crippen molar-refractivity contribution in [1.82, 2.24) is 4.98 Å². The Morgan fingerprint density at radius 2 is 2.00 bits per heavy atom. The molecule has 0 N–H and O–H groups in total. The molecule has 0 aliphatic rings. The Bertz CT molecular complexity index is 437. The number of aromatic nitrogens is 1. The zero-order chi connectivity index (χ0) is 10.7. The van der Waals surface area contributed by atoms with E-state index in [4.69, 9.17) is 0 Å². The molecular formula is C14H14IrN-. The minimum Gasteiger partial charge on any atom is -0.305 e. The molecule has 2 aromatic rings. The predicted octanol–water partition coefficient (Wildman–Crippen LogP) is 3.67. The van der Waals surface area contributed by atoms with Crippen molar-refractivity contribution >= 4 is 0 Å². The molecule has 1 nitrogen and oxygen atoms in total. The van der Waals surface area contributed by atoms with Gasteiger partial charge in [0, 0.05) is 26.3 Å². The number of rotatable bonds is 2. The van der Waals surface area contributed by atoms with Gasteiger partial charge in [0.25, 0.3) is 0 Å². The van der Waals surface area contributed by atoms with Crippen LogP contribution in [0.5, 0.6) is 0 Å². The Balaban J connectivity index is 0.00000128. The van der Waals surface area contributed by atoms with Crippen molar-refractivity contribution in [1.29, 1.82) is 0 Å². The summed E-state index contributed by atoms with van der Waals surface area (Å²) in [6, 6.07) is 15.3. The average molecular weight is 388 g/mol. The minimum absolute atomic E-state index is 0. The van der Waals surface area contributed by atoms with E-state index in [9.17, 15) is 0 Å². The first kappa shape index (κ1) is 13.1. The number of pyridine rings is 1. The van der Waals surface area contributed by atoms with Crippen molar-refractivity contribution in [3.8, 4) is 11.3 Å². The quantitative estimate of drug-likeness (QED) is 0.716. The van der Waals surface area contributed by atoms with Crippen LogP contribution in [0, 0.1) is 6.07 Å². The Kier molecular flexibility index (Phi) is 4.85. The van der Waals surface area contributed by atoms with Crippen molar-refractivity contribution in [2.24, 2.45) is 0 Å². The van der Waals surface area contributed by atoms with E-state index >= 15 is 0 Å². The number of hydrogen-bond donors (Lipinski definition) is 0. The zero-order valence-electron chi connectivity index (χ0n) is 9.40. The van der Waals surface area contributed by atoms with Gasteiger partial charge in [-0.25, -0.2) is 0 Å². The summed E-state index contributed by atoms with van der Waals surface area (Å²) in [6.07, 6.45) is 1.87. The van der Waals surface area contributed by atoms with E-state index in [1.165, 1.54) is 5.56 Å². The summed E-state index contributed by atoms with van der Waals surface area (Å²) in [7, 11) is 0. The van der Waals surface area contributed by atoms with Crippen LogP contribution in [-0.2, 0) is 20.1 Å². The summed E-state index contributed by atoms with van der Waals surface area (Å²) in [6.45, 7) is 4.38. The third-order valence-corrected chi connectivity index (χ3v) is 2.44. The first-order chi connectivity index (χ1) is 7.27. The van der Waals surface area contributed by atoms with Crippen LogP contribution in [0.4, 0.5) is 0 Å². The van der Waals surface area contributed by atoms with Crippen LogP contribution in [-0.4, -0.2) is 4.98 Å². The van der Waals surface area contributed by atoms with Crippen LogP contribution in [0.25, 0.3) is 11.3 Å². The normalized spacial score (nSPS) is 9.94. The molecule has 2 rings (SSSR count). The second-order valence-corrected chi connectivity index (χ2v) is 3.91. The SMILES string of the molecule is CC(C)c1ccnc(-c2[c-]cccc2)c1.[Ir]. The first-order valence-electron chi connectivity index (χ1n) is 5.20. The molecule has 0 saturated carbocycles. The van der Waals surface area contributed by atoms with Crippen molar-refractivity contribution in [2.45, 2.75) is 19.8 Å². The third-order valence-electron chi connectivity index (χ3n) is 2.44. The molecule has 0 bridgehead atoms. The van der Waals surface area contributed by atoms with E-state index in [0.717, 1.165) is 11.3 Å². The Hall–Kier alpha value is -0.981. The van der Waals surface area contributed by atoms with Gasteiger partial charge >= 0.3 is 0 Å². The van der Waals surface area contributed by atoms with Gasteiger partial charge in [-0.2, -0.15) is 0 Å². The van der Waals surface area contributed by atoms with E-state index in [1.54, 1.807) is 0 Å². The molecule has 0 saturated heterocycles. The molecule has 0 fully saturated rings. The molecule has 0 atom stereocenters. The summed E-state index contributed by atoms with van der Waals surface area (Å²) in [5.41, 5.74) is 3.37. The van der Waals surface area contributed by atoms with E-state index in [-0.39, 0.29) is 20.1 Å². The molecule has 0 amide bonds. The van der Waals surface area contributed by atoms with Gasteiger partial charge in [-0.05, 0) is 17.7 Å². The number of nitrogens with zero attached hydrogens (tertiary/aromatic N) is 1. The summed E-state index contributed by atoms with van der Waals surface area (Å²) in [5, 5.41) is 0. The van der Waals surface area contributed by atoms with Crippen LogP contribution in [0.2, 0.25) is 0 Å². The summed E-state index contributed by atoms with van der Waals surface area (Å²) in [4.78, 5) is 4.36. The maximum atomic E-state index is 4.36. The van der Waals surface area contributed by atoms with Crippen LogP contribution < -0.4 is 0 Å². The molecule has 1 aromatic carbocycles.